The van der Waals surface area contributed by atoms with Gasteiger partial charge >= 0.3 is 0 Å². The second-order valence-electron chi connectivity index (χ2n) is 4.34. The van der Waals surface area contributed by atoms with Gasteiger partial charge in [0.25, 0.3) is 0 Å². The molecular formula is C13H15N3O2. The number of benzene rings is 1. The molecule has 1 aliphatic rings. The van der Waals surface area contributed by atoms with Crippen molar-refractivity contribution in [2.75, 3.05) is 18.9 Å². The van der Waals surface area contributed by atoms with E-state index < -0.39 is 0 Å². The minimum atomic E-state index is 0.583. The molecule has 1 aromatic carbocycles. The molecule has 94 valence electrons. The maximum absolute atomic E-state index is 5.92. The summed E-state index contributed by atoms with van der Waals surface area (Å²) >= 11 is 0. The Hall–Kier alpha value is -2.17. The number of anilines is 1. The molecule has 0 bridgehead atoms. The smallest absolute Gasteiger partial charge is 0.162 e. The van der Waals surface area contributed by atoms with E-state index in [2.05, 4.69) is 5.10 Å². The predicted octanol–water partition coefficient (Wildman–Crippen LogP) is 1.75. The second kappa shape index (κ2) is 3.94. The van der Waals surface area contributed by atoms with Crippen LogP contribution in [0.2, 0.25) is 0 Å². The first-order valence-electron chi connectivity index (χ1n) is 5.86. The lowest BCUT2D eigenvalue weighted by atomic mass is 10.1. The fourth-order valence-corrected chi connectivity index (χ4v) is 2.11. The zero-order valence-corrected chi connectivity index (χ0v) is 10.4. The zero-order valence-electron chi connectivity index (χ0n) is 10.4. The van der Waals surface area contributed by atoms with Crippen LogP contribution in [-0.2, 0) is 7.05 Å². The summed E-state index contributed by atoms with van der Waals surface area (Å²) in [7, 11) is 1.84. The van der Waals surface area contributed by atoms with Crippen molar-refractivity contribution in [3.8, 4) is 22.8 Å². The molecule has 2 N–H and O–H groups in total. The molecular weight excluding hydrogens is 230 g/mol. The van der Waals surface area contributed by atoms with E-state index in [4.69, 9.17) is 15.2 Å². The Morgan fingerprint density at radius 3 is 2.61 bits per heavy atom. The van der Waals surface area contributed by atoms with Gasteiger partial charge in [-0.15, -0.1) is 0 Å². The van der Waals surface area contributed by atoms with E-state index in [1.807, 2.05) is 32.2 Å². The maximum Gasteiger partial charge on any atom is 0.162 e. The summed E-state index contributed by atoms with van der Waals surface area (Å²) in [5.74, 6) is 2.23. The first-order valence-corrected chi connectivity index (χ1v) is 5.86. The van der Waals surface area contributed by atoms with Crippen molar-refractivity contribution in [2.24, 2.45) is 7.05 Å². The van der Waals surface area contributed by atoms with Crippen LogP contribution in [0, 0.1) is 6.92 Å². The zero-order chi connectivity index (χ0) is 12.7. The topological polar surface area (TPSA) is 62.3 Å². The highest BCUT2D eigenvalue weighted by Crippen LogP contribution is 2.35. The Kier molecular flexibility index (Phi) is 2.40. The van der Waals surface area contributed by atoms with Gasteiger partial charge in [-0.25, -0.2) is 0 Å². The first kappa shape index (κ1) is 11.0. The number of rotatable bonds is 1. The molecule has 0 atom stereocenters. The minimum absolute atomic E-state index is 0.583. The van der Waals surface area contributed by atoms with Crippen molar-refractivity contribution in [2.45, 2.75) is 6.92 Å². The molecule has 2 aromatic rings. The molecule has 1 aliphatic heterocycles. The summed E-state index contributed by atoms with van der Waals surface area (Å²) in [6.07, 6.45) is 0. The van der Waals surface area contributed by atoms with Gasteiger partial charge in [0.2, 0.25) is 0 Å². The van der Waals surface area contributed by atoms with Gasteiger partial charge in [-0.2, -0.15) is 5.10 Å². The molecule has 5 heteroatoms. The summed E-state index contributed by atoms with van der Waals surface area (Å²) in [5, 5.41) is 4.42. The summed E-state index contributed by atoms with van der Waals surface area (Å²) < 4.78 is 12.8. The van der Waals surface area contributed by atoms with Crippen LogP contribution < -0.4 is 15.2 Å². The average Bonchev–Trinajstić information content (AvgIpc) is 2.66. The van der Waals surface area contributed by atoms with E-state index >= 15 is 0 Å². The van der Waals surface area contributed by atoms with Crippen LogP contribution in [-0.4, -0.2) is 23.0 Å². The Bertz CT molecular complexity index is 605. The van der Waals surface area contributed by atoms with Gasteiger partial charge in [-0.3, -0.25) is 4.68 Å². The monoisotopic (exact) mass is 245 g/mol. The molecule has 0 spiro atoms. The SMILES string of the molecule is Cc1c(-c2ccc3c(c2)OCCO3)nn(C)c1N. The van der Waals surface area contributed by atoms with Crippen LogP contribution in [0.5, 0.6) is 11.5 Å². The molecule has 1 aromatic heterocycles. The predicted molar refractivity (Wildman–Crippen MR) is 68.8 cm³/mol. The summed E-state index contributed by atoms with van der Waals surface area (Å²) in [6.45, 7) is 3.15. The van der Waals surface area contributed by atoms with Gasteiger partial charge in [-0.05, 0) is 25.1 Å². The van der Waals surface area contributed by atoms with E-state index in [1.165, 1.54) is 0 Å². The molecule has 0 radical (unpaired) electrons. The highest BCUT2D eigenvalue weighted by atomic mass is 16.6. The number of nitrogens with two attached hydrogens (primary N) is 1. The Labute approximate surface area is 105 Å². The standard InChI is InChI=1S/C13H15N3O2/c1-8-12(15-16(2)13(8)14)9-3-4-10-11(7-9)18-6-5-17-10/h3-4,7H,5-6,14H2,1-2H3. The largest absolute Gasteiger partial charge is 0.486 e. The van der Waals surface area contributed by atoms with Gasteiger partial charge in [0.05, 0.1) is 5.69 Å². The van der Waals surface area contributed by atoms with E-state index in [-0.39, 0.29) is 0 Å². The number of fused-ring (bicyclic) bond motifs is 1. The molecule has 3 rings (SSSR count). The fraction of sp³-hybridized carbons (Fsp3) is 0.308. The molecule has 0 saturated heterocycles. The van der Waals surface area contributed by atoms with E-state index in [0.717, 1.165) is 28.3 Å². The number of aryl methyl sites for hydroxylation is 1. The molecule has 0 saturated carbocycles. The van der Waals surface area contributed by atoms with Gasteiger partial charge in [0, 0.05) is 18.2 Å². The van der Waals surface area contributed by atoms with Crippen LogP contribution in [0.3, 0.4) is 0 Å². The Balaban J connectivity index is 2.09. The number of ether oxygens (including phenoxy) is 2. The average molecular weight is 245 g/mol. The summed E-state index contributed by atoms with van der Waals surface area (Å²) in [4.78, 5) is 0. The number of hydrogen-bond donors (Lipinski definition) is 1. The minimum Gasteiger partial charge on any atom is -0.486 e. The third-order valence-electron chi connectivity index (χ3n) is 3.15. The van der Waals surface area contributed by atoms with Crippen LogP contribution in [0.25, 0.3) is 11.3 Å². The molecule has 0 aliphatic carbocycles. The van der Waals surface area contributed by atoms with Crippen molar-refractivity contribution in [3.05, 3.63) is 23.8 Å². The van der Waals surface area contributed by atoms with Crippen LogP contribution in [0.1, 0.15) is 5.56 Å². The lowest BCUT2D eigenvalue weighted by molar-refractivity contribution is 0.171. The quantitative estimate of drug-likeness (QED) is 0.831. The lowest BCUT2D eigenvalue weighted by Gasteiger charge is -2.18. The highest BCUT2D eigenvalue weighted by Gasteiger charge is 2.16. The Morgan fingerprint density at radius 2 is 1.94 bits per heavy atom. The molecule has 2 heterocycles. The van der Waals surface area contributed by atoms with Crippen molar-refractivity contribution in [1.29, 1.82) is 0 Å². The van der Waals surface area contributed by atoms with E-state index in [9.17, 15) is 0 Å². The third-order valence-corrected chi connectivity index (χ3v) is 3.15. The fourth-order valence-electron chi connectivity index (χ4n) is 2.11. The molecule has 0 unspecified atom stereocenters. The second-order valence-corrected chi connectivity index (χ2v) is 4.34. The highest BCUT2D eigenvalue weighted by molar-refractivity contribution is 5.70. The van der Waals surface area contributed by atoms with E-state index in [0.29, 0.717) is 19.0 Å². The number of nitrogen functional groups attached to an aromatic ring is 1. The summed E-state index contributed by atoms with van der Waals surface area (Å²) in [5.41, 5.74) is 8.77. The lowest BCUT2D eigenvalue weighted by Crippen LogP contribution is -2.15. The van der Waals surface area contributed by atoms with E-state index in [1.54, 1.807) is 4.68 Å². The van der Waals surface area contributed by atoms with Crippen molar-refractivity contribution >= 4 is 5.82 Å². The molecule has 0 fully saturated rings. The van der Waals surface area contributed by atoms with Crippen LogP contribution in [0.4, 0.5) is 5.82 Å². The van der Waals surface area contributed by atoms with Crippen molar-refractivity contribution in [3.63, 3.8) is 0 Å². The maximum atomic E-state index is 5.92. The third kappa shape index (κ3) is 1.59. The van der Waals surface area contributed by atoms with Crippen molar-refractivity contribution in [1.82, 2.24) is 9.78 Å². The molecule has 5 nitrogen and oxygen atoms in total. The van der Waals surface area contributed by atoms with Crippen LogP contribution in [0.15, 0.2) is 18.2 Å². The summed E-state index contributed by atoms with van der Waals surface area (Å²) in [6, 6.07) is 5.83. The Morgan fingerprint density at radius 1 is 1.22 bits per heavy atom. The van der Waals surface area contributed by atoms with Crippen molar-refractivity contribution < 1.29 is 9.47 Å². The normalized spacial score (nSPS) is 13.7. The van der Waals surface area contributed by atoms with Gasteiger partial charge in [0.1, 0.15) is 19.0 Å². The first-order chi connectivity index (χ1) is 8.66. The van der Waals surface area contributed by atoms with Crippen LogP contribution >= 0.6 is 0 Å². The number of aromatic nitrogens is 2. The van der Waals surface area contributed by atoms with Gasteiger partial charge in [-0.1, -0.05) is 0 Å². The molecule has 18 heavy (non-hydrogen) atoms. The van der Waals surface area contributed by atoms with Gasteiger partial charge in [0.15, 0.2) is 11.5 Å². The molecule has 0 amide bonds. The van der Waals surface area contributed by atoms with Gasteiger partial charge < -0.3 is 15.2 Å². The number of hydrogen-bond acceptors (Lipinski definition) is 4. The number of nitrogens with zero attached hydrogens (tertiary/aromatic N) is 2.